The van der Waals surface area contributed by atoms with Crippen LogP contribution in [0.15, 0.2) is 0 Å². The Morgan fingerprint density at radius 3 is 2.32 bits per heavy atom. The molecule has 0 aromatic carbocycles. The summed E-state index contributed by atoms with van der Waals surface area (Å²) in [6.45, 7) is 5.30. The van der Waals surface area contributed by atoms with E-state index in [1.807, 2.05) is 0 Å². The highest BCUT2D eigenvalue weighted by Crippen LogP contribution is 2.64. The van der Waals surface area contributed by atoms with Crippen LogP contribution < -0.4 is 5.32 Å². The maximum absolute atomic E-state index is 14.1. The average Bonchev–Trinajstić information content (AvgIpc) is 3.31. The van der Waals surface area contributed by atoms with Gasteiger partial charge in [0.25, 0.3) is 10.1 Å². The fourth-order valence-corrected chi connectivity index (χ4v) is 8.78. The van der Waals surface area contributed by atoms with Gasteiger partial charge in [-0.05, 0) is 89.9 Å². The van der Waals surface area contributed by atoms with Crippen molar-refractivity contribution in [3.8, 4) is 6.07 Å². The van der Waals surface area contributed by atoms with Crippen LogP contribution in [0.25, 0.3) is 0 Å². The van der Waals surface area contributed by atoms with E-state index in [0.29, 0.717) is 31.6 Å². The predicted octanol–water partition coefficient (Wildman–Crippen LogP) is 2.71. The van der Waals surface area contributed by atoms with Crippen LogP contribution in [0.1, 0.15) is 72.1 Å². The third-order valence-corrected chi connectivity index (χ3v) is 9.07. The van der Waals surface area contributed by atoms with E-state index in [1.165, 1.54) is 0 Å². The number of nitriles is 1. The largest absolute Gasteiger partial charge is 0.444 e. The van der Waals surface area contributed by atoms with Crippen molar-refractivity contribution in [1.82, 2.24) is 10.2 Å². The van der Waals surface area contributed by atoms with Gasteiger partial charge in [0.2, 0.25) is 5.91 Å². The molecule has 1 heterocycles. The summed E-state index contributed by atoms with van der Waals surface area (Å²) in [5.41, 5.74) is -2.20. The molecule has 0 aromatic heterocycles. The second-order valence-electron chi connectivity index (χ2n) is 12.6. The van der Waals surface area contributed by atoms with Crippen molar-refractivity contribution in [2.45, 2.75) is 101 Å². The van der Waals surface area contributed by atoms with Gasteiger partial charge in [-0.15, -0.1) is 0 Å². The number of nitrogens with zero attached hydrogens (tertiary/aromatic N) is 2. The minimum absolute atomic E-state index is 0.0511. The number of carbonyl (C=O) groups is 2. The van der Waals surface area contributed by atoms with Gasteiger partial charge in [-0.2, -0.15) is 13.7 Å². The zero-order chi connectivity index (χ0) is 24.7. The number of hydrogen-bond acceptors (Lipinski definition) is 7. The molecule has 5 saturated carbocycles. The van der Waals surface area contributed by atoms with Gasteiger partial charge in [-0.25, -0.2) is 4.79 Å². The summed E-state index contributed by atoms with van der Waals surface area (Å²) >= 11 is 0. The molecule has 6 fully saturated rings. The molecule has 188 valence electrons. The fraction of sp³-hybridized carbons (Fsp3) is 0.875. The highest BCUT2D eigenvalue weighted by atomic mass is 32.2. The molecule has 1 aliphatic heterocycles. The third kappa shape index (κ3) is 4.30. The maximum atomic E-state index is 14.1. The number of likely N-dealkylation sites (tertiary alicyclic amines) is 1. The number of ether oxygens (including phenoxy) is 1. The number of carbonyl (C=O) groups excluding carboxylic acids is 2. The molecular formula is C24H35N3O6S. The second kappa shape index (κ2) is 7.57. The minimum Gasteiger partial charge on any atom is -0.444 e. The molecule has 6 aliphatic rings. The first-order valence-corrected chi connectivity index (χ1v) is 14.2. The van der Waals surface area contributed by atoms with Crippen LogP contribution in [0.2, 0.25) is 0 Å². The van der Waals surface area contributed by atoms with Crippen molar-refractivity contribution in [2.24, 2.45) is 23.2 Å². The van der Waals surface area contributed by atoms with E-state index in [-0.39, 0.29) is 23.8 Å². The topological polar surface area (TPSA) is 126 Å². The standard InChI is InChI=1S/C24H35N3O6S/c1-22(2,3)32-21(29)26-19(20(28)27-17(12-25)6-16-7-18(16)27)23-8-14-5-15(9-23)11-24(10-14,13-23)33-34(4,30)31/h14-19H,5-11,13H2,1-4H3,(H,26,29)/t14?,15?,16-,17+,18+,19-,23?,24?/m1/s1. The summed E-state index contributed by atoms with van der Waals surface area (Å²) in [7, 11) is -3.69. The lowest BCUT2D eigenvalue weighted by Gasteiger charge is -2.62. The zero-order valence-corrected chi connectivity index (χ0v) is 21.2. The van der Waals surface area contributed by atoms with Gasteiger partial charge in [0, 0.05) is 11.5 Å². The molecule has 6 rings (SSSR count). The summed E-state index contributed by atoms with van der Waals surface area (Å²) < 4.78 is 35.6. The van der Waals surface area contributed by atoms with Crippen LogP contribution in [0.3, 0.4) is 0 Å². The first kappa shape index (κ1) is 23.9. The van der Waals surface area contributed by atoms with Gasteiger partial charge in [0.15, 0.2) is 0 Å². The van der Waals surface area contributed by atoms with E-state index in [1.54, 1.807) is 25.7 Å². The molecule has 1 N–H and O–H groups in total. The van der Waals surface area contributed by atoms with E-state index in [2.05, 4.69) is 11.4 Å². The van der Waals surface area contributed by atoms with Crippen LogP contribution in [-0.2, 0) is 23.8 Å². The first-order chi connectivity index (χ1) is 15.7. The zero-order valence-electron chi connectivity index (χ0n) is 20.4. The smallest absolute Gasteiger partial charge is 0.408 e. The molecule has 0 aromatic rings. The molecular weight excluding hydrogens is 458 g/mol. The molecule has 0 spiro atoms. The SMILES string of the molecule is CC(C)(C)OC(=O)N[C@H](C(=O)N1[C@H](C#N)C[C@@H]2C[C@@H]21)C12CC3CC(CC(OS(C)(=O)=O)(C3)C1)C2. The van der Waals surface area contributed by atoms with Gasteiger partial charge in [-0.3, -0.25) is 8.98 Å². The monoisotopic (exact) mass is 493 g/mol. The first-order valence-electron chi connectivity index (χ1n) is 12.3. The van der Waals surface area contributed by atoms with E-state index in [9.17, 15) is 23.3 Å². The number of rotatable bonds is 5. The van der Waals surface area contributed by atoms with Crippen molar-refractivity contribution in [1.29, 1.82) is 5.26 Å². The molecule has 5 aliphatic carbocycles. The number of fused-ring (bicyclic) bond motifs is 1. The van der Waals surface area contributed by atoms with E-state index >= 15 is 0 Å². The number of nitrogens with one attached hydrogen (secondary N) is 1. The van der Waals surface area contributed by atoms with E-state index < -0.39 is 44.9 Å². The van der Waals surface area contributed by atoms with Crippen molar-refractivity contribution >= 4 is 22.1 Å². The normalized spacial score (nSPS) is 40.9. The summed E-state index contributed by atoms with van der Waals surface area (Å²) in [4.78, 5) is 28.7. The maximum Gasteiger partial charge on any atom is 0.408 e. The summed E-state index contributed by atoms with van der Waals surface area (Å²) in [5.74, 6) is 0.585. The van der Waals surface area contributed by atoms with Gasteiger partial charge < -0.3 is 15.0 Å². The van der Waals surface area contributed by atoms with E-state index in [0.717, 1.165) is 31.9 Å². The molecule has 4 bridgehead atoms. The Labute approximate surface area is 201 Å². The summed E-state index contributed by atoms with van der Waals surface area (Å²) in [5, 5.41) is 12.6. The molecule has 2 amide bonds. The Bertz CT molecular complexity index is 1030. The lowest BCUT2D eigenvalue weighted by Crippen LogP contribution is -2.67. The van der Waals surface area contributed by atoms with Gasteiger partial charge >= 0.3 is 6.09 Å². The number of piperidine rings is 1. The second-order valence-corrected chi connectivity index (χ2v) is 14.1. The highest BCUT2D eigenvalue weighted by molar-refractivity contribution is 7.86. The minimum atomic E-state index is -3.69. The van der Waals surface area contributed by atoms with Crippen molar-refractivity contribution in [2.75, 3.05) is 6.26 Å². The van der Waals surface area contributed by atoms with Crippen molar-refractivity contribution < 1.29 is 26.9 Å². The Kier molecular flexibility index (Phi) is 5.31. The van der Waals surface area contributed by atoms with Gasteiger partial charge in [-0.1, -0.05) is 0 Å². The van der Waals surface area contributed by atoms with Crippen molar-refractivity contribution in [3.63, 3.8) is 0 Å². The quantitative estimate of drug-likeness (QED) is 0.584. The van der Waals surface area contributed by atoms with Crippen LogP contribution in [0, 0.1) is 34.5 Å². The Morgan fingerprint density at radius 1 is 1.12 bits per heavy atom. The molecule has 10 heteroatoms. The molecule has 1 saturated heterocycles. The van der Waals surface area contributed by atoms with Gasteiger partial charge in [0.05, 0.1) is 17.9 Å². The number of hydrogen-bond donors (Lipinski definition) is 1. The van der Waals surface area contributed by atoms with Gasteiger partial charge in [0.1, 0.15) is 17.7 Å². The molecule has 9 nitrogen and oxygen atoms in total. The average molecular weight is 494 g/mol. The Hall–Kier alpha value is -1.86. The Morgan fingerprint density at radius 2 is 1.76 bits per heavy atom. The fourth-order valence-electron chi connectivity index (χ4n) is 7.94. The Balaban J connectivity index is 1.50. The van der Waals surface area contributed by atoms with Crippen LogP contribution in [-0.4, -0.2) is 60.9 Å². The van der Waals surface area contributed by atoms with Crippen LogP contribution in [0.5, 0.6) is 0 Å². The summed E-state index contributed by atoms with van der Waals surface area (Å²) in [6, 6.07) is 0.948. The number of alkyl carbamates (subject to hydrolysis) is 1. The summed E-state index contributed by atoms with van der Waals surface area (Å²) in [6.07, 6.45) is 6.11. The van der Waals surface area contributed by atoms with Crippen molar-refractivity contribution in [3.05, 3.63) is 0 Å². The lowest BCUT2D eigenvalue weighted by molar-refractivity contribution is -0.170. The van der Waals surface area contributed by atoms with Crippen LogP contribution >= 0.6 is 0 Å². The van der Waals surface area contributed by atoms with E-state index in [4.69, 9.17) is 8.92 Å². The molecule has 0 radical (unpaired) electrons. The number of amides is 2. The predicted molar refractivity (Wildman–Crippen MR) is 122 cm³/mol. The molecule has 6 atom stereocenters. The van der Waals surface area contributed by atoms with Crippen LogP contribution in [0.4, 0.5) is 4.79 Å². The third-order valence-electron chi connectivity index (χ3n) is 8.41. The lowest BCUT2D eigenvalue weighted by atomic mass is 9.46. The molecule has 2 unspecified atom stereocenters. The highest BCUT2D eigenvalue weighted by Gasteiger charge is 2.65. The molecule has 34 heavy (non-hydrogen) atoms.